The molecule has 0 saturated heterocycles. The molecule has 0 fully saturated rings. The maximum absolute atomic E-state index is 13.6. The summed E-state index contributed by atoms with van der Waals surface area (Å²) < 4.78 is 15.1. The van der Waals surface area contributed by atoms with E-state index >= 15 is 0 Å². The van der Waals surface area contributed by atoms with E-state index in [-0.39, 0.29) is 6.54 Å². The first-order chi connectivity index (χ1) is 10.8. The molecule has 7 heteroatoms. The Morgan fingerprint density at radius 2 is 2.22 bits per heavy atom. The summed E-state index contributed by atoms with van der Waals surface area (Å²) in [6.07, 6.45) is 3.30. The maximum Gasteiger partial charge on any atom is 0.321 e. The van der Waals surface area contributed by atoms with Crippen molar-refractivity contribution in [1.29, 1.82) is 0 Å². The van der Waals surface area contributed by atoms with E-state index in [4.69, 9.17) is 0 Å². The molecule has 0 aliphatic carbocycles. The SMILES string of the molecule is CCN(CC(C)(C)O)C(=O)Nc1cc(F)ccc1-n1cccn1. The first-order valence-electron chi connectivity index (χ1n) is 7.38. The van der Waals surface area contributed by atoms with Gasteiger partial charge in [0.15, 0.2) is 0 Å². The van der Waals surface area contributed by atoms with Gasteiger partial charge in [-0.05, 0) is 45.0 Å². The van der Waals surface area contributed by atoms with E-state index in [1.54, 1.807) is 43.1 Å². The minimum Gasteiger partial charge on any atom is -0.389 e. The molecule has 1 heterocycles. The first-order valence-corrected chi connectivity index (χ1v) is 7.38. The lowest BCUT2D eigenvalue weighted by atomic mass is 10.1. The molecule has 23 heavy (non-hydrogen) atoms. The van der Waals surface area contributed by atoms with Crippen molar-refractivity contribution < 1.29 is 14.3 Å². The number of carbonyl (C=O) groups is 1. The number of aromatic nitrogens is 2. The number of halogens is 1. The van der Waals surface area contributed by atoms with Crippen LogP contribution in [0.1, 0.15) is 20.8 Å². The number of aliphatic hydroxyl groups is 1. The zero-order valence-corrected chi connectivity index (χ0v) is 13.5. The second-order valence-corrected chi connectivity index (χ2v) is 5.87. The molecule has 0 aliphatic heterocycles. The van der Waals surface area contributed by atoms with E-state index in [0.29, 0.717) is 17.9 Å². The van der Waals surface area contributed by atoms with Crippen LogP contribution in [-0.4, -0.2) is 44.5 Å². The van der Waals surface area contributed by atoms with Crippen molar-refractivity contribution in [3.05, 3.63) is 42.5 Å². The number of rotatable bonds is 5. The Bertz CT molecular complexity index is 665. The normalized spacial score (nSPS) is 11.3. The fourth-order valence-corrected chi connectivity index (χ4v) is 2.21. The summed E-state index contributed by atoms with van der Waals surface area (Å²) in [6.45, 7) is 5.65. The molecular weight excluding hydrogens is 299 g/mol. The first kappa shape index (κ1) is 17.0. The molecule has 2 N–H and O–H groups in total. The predicted molar refractivity (Wildman–Crippen MR) is 86.1 cm³/mol. The van der Waals surface area contributed by atoms with Gasteiger partial charge in [0.1, 0.15) is 5.82 Å². The van der Waals surface area contributed by atoms with Crippen molar-refractivity contribution in [3.63, 3.8) is 0 Å². The Morgan fingerprint density at radius 3 is 2.78 bits per heavy atom. The minimum absolute atomic E-state index is 0.168. The van der Waals surface area contributed by atoms with Crippen molar-refractivity contribution >= 4 is 11.7 Å². The molecule has 0 spiro atoms. The molecule has 0 bridgehead atoms. The Labute approximate surface area is 134 Å². The third-order valence-corrected chi connectivity index (χ3v) is 3.20. The lowest BCUT2D eigenvalue weighted by Gasteiger charge is -2.28. The molecule has 2 aromatic rings. The second kappa shape index (κ2) is 6.78. The highest BCUT2D eigenvalue weighted by Crippen LogP contribution is 2.21. The highest BCUT2D eigenvalue weighted by molar-refractivity contribution is 5.91. The number of benzene rings is 1. The van der Waals surface area contributed by atoms with Crippen molar-refractivity contribution in [2.75, 3.05) is 18.4 Å². The molecule has 6 nitrogen and oxygen atoms in total. The van der Waals surface area contributed by atoms with Gasteiger partial charge < -0.3 is 15.3 Å². The number of hydrogen-bond donors (Lipinski definition) is 2. The molecule has 0 atom stereocenters. The van der Waals surface area contributed by atoms with Gasteiger partial charge >= 0.3 is 6.03 Å². The summed E-state index contributed by atoms with van der Waals surface area (Å²) in [6, 6.07) is 5.42. The van der Waals surface area contributed by atoms with E-state index in [1.807, 2.05) is 6.92 Å². The molecule has 2 rings (SSSR count). The van der Waals surface area contributed by atoms with Crippen LogP contribution in [0.5, 0.6) is 0 Å². The molecular formula is C16H21FN4O2. The number of anilines is 1. The van der Waals surface area contributed by atoms with Gasteiger partial charge in [0.05, 0.1) is 23.5 Å². The zero-order valence-electron chi connectivity index (χ0n) is 13.5. The topological polar surface area (TPSA) is 70.4 Å². The molecule has 1 aromatic heterocycles. The fraction of sp³-hybridized carbons (Fsp3) is 0.375. The summed E-state index contributed by atoms with van der Waals surface area (Å²) in [7, 11) is 0. The van der Waals surface area contributed by atoms with Gasteiger partial charge in [-0.1, -0.05) is 0 Å². The smallest absolute Gasteiger partial charge is 0.321 e. The largest absolute Gasteiger partial charge is 0.389 e. The van der Waals surface area contributed by atoms with Crippen molar-refractivity contribution in [2.24, 2.45) is 0 Å². The van der Waals surface area contributed by atoms with Crippen molar-refractivity contribution in [1.82, 2.24) is 14.7 Å². The van der Waals surface area contributed by atoms with Crippen LogP contribution in [-0.2, 0) is 0 Å². The van der Waals surface area contributed by atoms with E-state index in [0.717, 1.165) is 0 Å². The van der Waals surface area contributed by atoms with Gasteiger partial charge in [-0.2, -0.15) is 5.10 Å². The van der Waals surface area contributed by atoms with Gasteiger partial charge in [0, 0.05) is 18.9 Å². The van der Waals surface area contributed by atoms with Gasteiger partial charge in [-0.3, -0.25) is 0 Å². The quantitative estimate of drug-likeness (QED) is 0.890. The highest BCUT2D eigenvalue weighted by Gasteiger charge is 2.22. The van der Waals surface area contributed by atoms with E-state index < -0.39 is 17.4 Å². The summed E-state index contributed by atoms with van der Waals surface area (Å²) in [5, 5.41) is 16.7. The molecule has 0 saturated carbocycles. The van der Waals surface area contributed by atoms with Crippen LogP contribution in [0.25, 0.3) is 5.69 Å². The highest BCUT2D eigenvalue weighted by atomic mass is 19.1. The van der Waals surface area contributed by atoms with Crippen LogP contribution < -0.4 is 5.32 Å². The Balaban J connectivity index is 2.25. The monoisotopic (exact) mass is 320 g/mol. The van der Waals surface area contributed by atoms with Crippen LogP contribution in [0.2, 0.25) is 0 Å². The van der Waals surface area contributed by atoms with Crippen molar-refractivity contribution in [2.45, 2.75) is 26.4 Å². The van der Waals surface area contributed by atoms with E-state index in [2.05, 4.69) is 10.4 Å². The minimum atomic E-state index is -1.01. The Morgan fingerprint density at radius 1 is 1.48 bits per heavy atom. The predicted octanol–water partition coefficient (Wildman–Crippen LogP) is 2.64. The number of nitrogens with one attached hydrogen (secondary N) is 1. The third kappa shape index (κ3) is 4.53. The zero-order chi connectivity index (χ0) is 17.0. The standard InChI is InChI=1S/C16H21FN4O2/c1-4-20(11-16(2,3)23)15(22)19-13-10-12(17)6-7-14(13)21-9-5-8-18-21/h5-10,23H,4,11H2,1-3H3,(H,19,22). The van der Waals surface area contributed by atoms with Gasteiger partial charge in [-0.15, -0.1) is 0 Å². The van der Waals surface area contributed by atoms with Gasteiger partial charge in [0.25, 0.3) is 0 Å². The fourth-order valence-electron chi connectivity index (χ4n) is 2.21. The third-order valence-electron chi connectivity index (χ3n) is 3.20. The number of carbonyl (C=O) groups excluding carboxylic acids is 1. The summed E-state index contributed by atoms with van der Waals surface area (Å²) in [4.78, 5) is 13.9. The van der Waals surface area contributed by atoms with Gasteiger partial charge in [-0.25, -0.2) is 13.9 Å². The maximum atomic E-state index is 13.6. The van der Waals surface area contributed by atoms with E-state index in [1.165, 1.54) is 17.0 Å². The van der Waals surface area contributed by atoms with Crippen LogP contribution >= 0.6 is 0 Å². The number of hydrogen-bond acceptors (Lipinski definition) is 3. The lowest BCUT2D eigenvalue weighted by molar-refractivity contribution is 0.0501. The lowest BCUT2D eigenvalue weighted by Crippen LogP contribution is -2.44. The van der Waals surface area contributed by atoms with Crippen LogP contribution in [0, 0.1) is 5.82 Å². The molecule has 0 aliphatic rings. The average Bonchev–Trinajstić information content (AvgIpc) is 2.97. The van der Waals surface area contributed by atoms with E-state index in [9.17, 15) is 14.3 Å². The number of likely N-dealkylation sites (N-methyl/N-ethyl adjacent to an activating group) is 1. The summed E-state index contributed by atoms with van der Waals surface area (Å²) in [5.41, 5.74) is -0.142. The van der Waals surface area contributed by atoms with Crippen LogP contribution in [0.15, 0.2) is 36.7 Å². The van der Waals surface area contributed by atoms with Crippen molar-refractivity contribution in [3.8, 4) is 5.69 Å². The Hall–Kier alpha value is -2.41. The number of amides is 2. The molecule has 124 valence electrons. The molecule has 1 aromatic carbocycles. The summed E-state index contributed by atoms with van der Waals surface area (Å²) >= 11 is 0. The molecule has 2 amide bonds. The number of nitrogens with zero attached hydrogens (tertiary/aromatic N) is 3. The van der Waals surface area contributed by atoms with Crippen LogP contribution in [0.3, 0.4) is 0 Å². The Kier molecular flexibility index (Phi) is 5.00. The summed E-state index contributed by atoms with van der Waals surface area (Å²) in [5.74, 6) is -0.457. The molecule has 0 radical (unpaired) electrons. The average molecular weight is 320 g/mol. The van der Waals surface area contributed by atoms with Gasteiger partial charge in [0.2, 0.25) is 0 Å². The second-order valence-electron chi connectivity index (χ2n) is 5.87. The number of urea groups is 1. The molecule has 0 unspecified atom stereocenters. The van der Waals surface area contributed by atoms with Crippen LogP contribution in [0.4, 0.5) is 14.9 Å².